The molecular weight excluding hydrogens is 369 g/mol. The second-order valence-electron chi connectivity index (χ2n) is 8.77. The van der Waals surface area contributed by atoms with Crippen molar-refractivity contribution < 1.29 is 13.9 Å². The summed E-state index contributed by atoms with van der Waals surface area (Å²) < 4.78 is 22.2. The lowest BCUT2D eigenvalue weighted by atomic mass is 9.76. The Kier molecular flexibility index (Phi) is 4.37. The normalized spacial score (nSPS) is 25.3. The topological polar surface area (TPSA) is 47.4 Å². The number of piperidine rings is 2. The maximum Gasteiger partial charge on any atom is 0.410 e. The van der Waals surface area contributed by atoms with E-state index in [2.05, 4.69) is 9.55 Å². The third kappa shape index (κ3) is 3.18. The van der Waals surface area contributed by atoms with E-state index in [0.717, 1.165) is 30.3 Å². The molecule has 0 spiro atoms. The van der Waals surface area contributed by atoms with E-state index < -0.39 is 11.4 Å². The van der Waals surface area contributed by atoms with Crippen molar-refractivity contribution in [2.24, 2.45) is 5.92 Å². The lowest BCUT2D eigenvalue weighted by Crippen LogP contribution is -2.55. The van der Waals surface area contributed by atoms with Gasteiger partial charge in [-0.3, -0.25) is 0 Å². The van der Waals surface area contributed by atoms with E-state index in [9.17, 15) is 9.18 Å². The van der Waals surface area contributed by atoms with Crippen molar-refractivity contribution in [3.63, 3.8) is 0 Å². The summed E-state index contributed by atoms with van der Waals surface area (Å²) in [6, 6.07) is 0.374. The Morgan fingerprint density at radius 3 is 2.74 bits per heavy atom. The number of nitrogens with zero attached hydrogens (tertiary/aromatic N) is 3. The Hall–Kier alpha value is -1.82. The molecule has 2 bridgehead atoms. The van der Waals surface area contributed by atoms with Crippen molar-refractivity contribution in [1.82, 2.24) is 14.5 Å². The molecule has 0 radical (unpaired) electrons. The molecule has 146 valence electrons. The predicted molar refractivity (Wildman–Crippen MR) is 103 cm³/mol. The standard InChI is InChI=1S/C20H25ClFN3O2/c1-11-9-25(15-8-23-18(21)17(22)16(11)15)14-7-13-6-5-12(14)10-24(13)19(26)27-20(2,3)4/h8-9,12-14H,5-7,10H2,1-4H3. The van der Waals surface area contributed by atoms with Gasteiger partial charge in [-0.2, -0.15) is 0 Å². The first-order valence-electron chi connectivity index (χ1n) is 9.46. The number of aromatic nitrogens is 2. The summed E-state index contributed by atoms with van der Waals surface area (Å²) in [5, 5.41) is 0.449. The highest BCUT2D eigenvalue weighted by atomic mass is 35.5. The molecule has 3 aliphatic rings. The molecule has 3 fully saturated rings. The van der Waals surface area contributed by atoms with Crippen LogP contribution in [0.5, 0.6) is 0 Å². The second-order valence-corrected chi connectivity index (χ2v) is 9.13. The van der Waals surface area contributed by atoms with Crippen LogP contribution in [0.15, 0.2) is 12.4 Å². The molecule has 0 N–H and O–H groups in total. The van der Waals surface area contributed by atoms with Gasteiger partial charge in [0.15, 0.2) is 11.0 Å². The zero-order valence-corrected chi connectivity index (χ0v) is 16.9. The number of pyridine rings is 1. The largest absolute Gasteiger partial charge is 0.444 e. The first kappa shape index (κ1) is 18.5. The third-order valence-corrected chi connectivity index (χ3v) is 6.01. The minimum Gasteiger partial charge on any atom is -0.444 e. The Bertz CT molecular complexity index is 905. The highest BCUT2D eigenvalue weighted by Crippen LogP contribution is 2.44. The van der Waals surface area contributed by atoms with Gasteiger partial charge in [0.2, 0.25) is 0 Å². The van der Waals surface area contributed by atoms with E-state index in [1.165, 1.54) is 0 Å². The summed E-state index contributed by atoms with van der Waals surface area (Å²) in [5.74, 6) is -0.141. The van der Waals surface area contributed by atoms with Crippen LogP contribution in [0.3, 0.4) is 0 Å². The van der Waals surface area contributed by atoms with Gasteiger partial charge in [-0.05, 0) is 58.4 Å². The summed E-state index contributed by atoms with van der Waals surface area (Å²) in [5.41, 5.74) is 1.14. The molecule has 27 heavy (non-hydrogen) atoms. The van der Waals surface area contributed by atoms with Crippen LogP contribution in [0.2, 0.25) is 5.15 Å². The highest BCUT2D eigenvalue weighted by molar-refractivity contribution is 6.30. The van der Waals surface area contributed by atoms with Crippen LogP contribution in [0.4, 0.5) is 9.18 Å². The van der Waals surface area contributed by atoms with Crippen molar-refractivity contribution in [3.05, 3.63) is 28.9 Å². The zero-order chi connectivity index (χ0) is 19.5. The van der Waals surface area contributed by atoms with E-state index in [1.807, 2.05) is 38.8 Å². The maximum atomic E-state index is 14.5. The van der Waals surface area contributed by atoms with Gasteiger partial charge in [0.05, 0.1) is 11.7 Å². The maximum absolute atomic E-state index is 14.5. The summed E-state index contributed by atoms with van der Waals surface area (Å²) >= 11 is 5.87. The lowest BCUT2D eigenvalue weighted by Gasteiger charge is -2.49. The number of halogens is 2. The van der Waals surface area contributed by atoms with Gasteiger partial charge in [-0.15, -0.1) is 0 Å². The van der Waals surface area contributed by atoms with Gasteiger partial charge in [-0.25, -0.2) is 14.2 Å². The number of rotatable bonds is 1. The van der Waals surface area contributed by atoms with Crippen LogP contribution >= 0.6 is 11.6 Å². The fourth-order valence-electron chi connectivity index (χ4n) is 4.61. The van der Waals surface area contributed by atoms with E-state index >= 15 is 0 Å². The molecule has 3 unspecified atom stereocenters. The molecule has 0 aromatic carbocycles. The molecule has 3 atom stereocenters. The van der Waals surface area contributed by atoms with Crippen LogP contribution < -0.4 is 0 Å². The summed E-state index contributed by atoms with van der Waals surface area (Å²) in [6.45, 7) is 8.23. The number of fused-ring (bicyclic) bond motifs is 4. The minimum absolute atomic E-state index is 0.0929. The predicted octanol–water partition coefficient (Wildman–Crippen LogP) is 5.10. The Morgan fingerprint density at radius 1 is 1.37 bits per heavy atom. The number of hydrogen-bond donors (Lipinski definition) is 0. The van der Waals surface area contributed by atoms with Gasteiger partial charge in [0.25, 0.3) is 0 Å². The van der Waals surface area contributed by atoms with Gasteiger partial charge in [0.1, 0.15) is 5.60 Å². The van der Waals surface area contributed by atoms with Gasteiger partial charge >= 0.3 is 6.09 Å². The number of hydrogen-bond acceptors (Lipinski definition) is 3. The average Bonchev–Trinajstić information content (AvgIpc) is 2.94. The third-order valence-electron chi connectivity index (χ3n) is 5.75. The molecule has 2 aromatic heterocycles. The van der Waals surface area contributed by atoms with Crippen LogP contribution in [0.25, 0.3) is 10.9 Å². The Morgan fingerprint density at radius 2 is 2.11 bits per heavy atom. The number of amides is 1. The molecule has 2 aliphatic heterocycles. The molecule has 1 amide bonds. The Balaban J connectivity index is 1.63. The molecule has 5 rings (SSSR count). The molecule has 2 aromatic rings. The fourth-order valence-corrected chi connectivity index (χ4v) is 4.76. The number of carbonyl (C=O) groups excluding carboxylic acids is 1. The van der Waals surface area contributed by atoms with Crippen molar-refractivity contribution in [2.75, 3.05) is 6.54 Å². The van der Waals surface area contributed by atoms with Crippen LogP contribution in [-0.4, -0.2) is 38.7 Å². The van der Waals surface area contributed by atoms with E-state index in [-0.39, 0.29) is 23.3 Å². The molecule has 1 saturated carbocycles. The van der Waals surface area contributed by atoms with Crippen molar-refractivity contribution in [3.8, 4) is 0 Å². The zero-order valence-electron chi connectivity index (χ0n) is 16.1. The molecule has 2 saturated heterocycles. The smallest absolute Gasteiger partial charge is 0.410 e. The lowest BCUT2D eigenvalue weighted by molar-refractivity contribution is -0.0256. The molecule has 1 aliphatic carbocycles. The minimum atomic E-state index is -0.497. The van der Waals surface area contributed by atoms with E-state index in [0.29, 0.717) is 17.8 Å². The molecular formula is C20H25ClFN3O2. The number of aryl methyl sites for hydroxylation is 1. The van der Waals surface area contributed by atoms with Crippen LogP contribution in [0, 0.1) is 18.7 Å². The van der Waals surface area contributed by atoms with Gasteiger partial charge in [-0.1, -0.05) is 11.6 Å². The first-order chi connectivity index (χ1) is 12.7. The van der Waals surface area contributed by atoms with Crippen molar-refractivity contribution >= 4 is 28.6 Å². The average molecular weight is 394 g/mol. The van der Waals surface area contributed by atoms with E-state index in [1.54, 1.807) is 6.20 Å². The second kappa shape index (κ2) is 6.36. The van der Waals surface area contributed by atoms with Crippen molar-refractivity contribution in [2.45, 2.75) is 64.6 Å². The summed E-state index contributed by atoms with van der Waals surface area (Å²) in [4.78, 5) is 18.5. The summed E-state index contributed by atoms with van der Waals surface area (Å²) in [6.07, 6.45) is 6.30. The van der Waals surface area contributed by atoms with Gasteiger partial charge in [0, 0.05) is 30.2 Å². The van der Waals surface area contributed by atoms with E-state index in [4.69, 9.17) is 16.3 Å². The summed E-state index contributed by atoms with van der Waals surface area (Å²) in [7, 11) is 0. The molecule has 5 nitrogen and oxygen atoms in total. The Labute approximate surface area is 163 Å². The SMILES string of the molecule is Cc1cn(C2CC3CCC2CN3C(=O)OC(C)(C)C)c2cnc(Cl)c(F)c12. The highest BCUT2D eigenvalue weighted by Gasteiger charge is 2.44. The van der Waals surface area contributed by atoms with Crippen molar-refractivity contribution in [1.29, 1.82) is 0 Å². The molecule has 7 heteroatoms. The first-order valence-corrected chi connectivity index (χ1v) is 9.84. The molecule has 4 heterocycles. The van der Waals surface area contributed by atoms with Gasteiger partial charge < -0.3 is 14.2 Å². The quantitative estimate of drug-likeness (QED) is 0.633. The number of ether oxygens (including phenoxy) is 1. The number of carbonyl (C=O) groups is 1. The fraction of sp³-hybridized carbons (Fsp3) is 0.600. The monoisotopic (exact) mass is 393 g/mol. The van der Waals surface area contributed by atoms with Crippen LogP contribution in [-0.2, 0) is 4.74 Å². The van der Waals surface area contributed by atoms with Crippen LogP contribution in [0.1, 0.15) is 51.6 Å².